The predicted octanol–water partition coefficient (Wildman–Crippen LogP) is 4.87. The molecule has 0 bridgehead atoms. The molecule has 1 saturated carbocycles. The van der Waals surface area contributed by atoms with Crippen LogP contribution in [0.5, 0.6) is 0 Å². The van der Waals surface area contributed by atoms with Gasteiger partial charge in [0.1, 0.15) is 0 Å². The van der Waals surface area contributed by atoms with Gasteiger partial charge in [-0.15, -0.1) is 0 Å². The van der Waals surface area contributed by atoms with Crippen molar-refractivity contribution in [3.8, 4) is 0 Å². The Balaban J connectivity index is 1.79. The molecule has 0 aliphatic heterocycles. The molecule has 0 radical (unpaired) electrons. The van der Waals surface area contributed by atoms with Gasteiger partial charge in [-0.05, 0) is 61.0 Å². The molecule has 1 aromatic rings. The number of benzene rings is 1. The quantitative estimate of drug-likeness (QED) is 0.809. The summed E-state index contributed by atoms with van der Waals surface area (Å²) < 4.78 is 0. The third kappa shape index (κ3) is 2.79. The average molecular weight is 271 g/mol. The number of rotatable bonds is 2. The van der Waals surface area contributed by atoms with Crippen LogP contribution in [0.3, 0.4) is 0 Å². The Labute approximate surface area is 124 Å². The van der Waals surface area contributed by atoms with Crippen LogP contribution in [-0.4, -0.2) is 6.04 Å². The zero-order valence-electron chi connectivity index (χ0n) is 13.3. The molecule has 0 spiro atoms. The standard InChI is InChI=1S/C19H29N/c1-14-8-10-16(11-9-14)20-18-17-7-5-4-6-15(17)12-13-19(18,2)3/h4-7,14,16,18,20H,8-13H2,1-3H3. The summed E-state index contributed by atoms with van der Waals surface area (Å²) in [6.45, 7) is 7.27. The lowest BCUT2D eigenvalue weighted by Crippen LogP contribution is -2.44. The van der Waals surface area contributed by atoms with E-state index in [4.69, 9.17) is 0 Å². The van der Waals surface area contributed by atoms with E-state index in [1.807, 2.05) is 0 Å². The highest BCUT2D eigenvalue weighted by atomic mass is 15.0. The lowest BCUT2D eigenvalue weighted by atomic mass is 9.69. The number of hydrogen-bond acceptors (Lipinski definition) is 1. The molecule has 0 saturated heterocycles. The molecule has 1 atom stereocenters. The van der Waals surface area contributed by atoms with Gasteiger partial charge in [0, 0.05) is 12.1 Å². The van der Waals surface area contributed by atoms with Crippen molar-refractivity contribution in [1.82, 2.24) is 5.32 Å². The minimum atomic E-state index is 0.372. The minimum absolute atomic E-state index is 0.372. The summed E-state index contributed by atoms with van der Waals surface area (Å²) in [4.78, 5) is 0. The Hall–Kier alpha value is -0.820. The Morgan fingerprint density at radius 3 is 2.50 bits per heavy atom. The fourth-order valence-electron chi connectivity index (χ4n) is 4.04. The van der Waals surface area contributed by atoms with Gasteiger partial charge in [-0.2, -0.15) is 0 Å². The Morgan fingerprint density at radius 1 is 1.05 bits per heavy atom. The number of fused-ring (bicyclic) bond motifs is 1. The molecule has 1 N–H and O–H groups in total. The van der Waals surface area contributed by atoms with Crippen molar-refractivity contribution in [2.24, 2.45) is 11.3 Å². The normalized spacial score (nSPS) is 32.6. The van der Waals surface area contributed by atoms with Gasteiger partial charge < -0.3 is 5.32 Å². The molecule has 1 heteroatoms. The van der Waals surface area contributed by atoms with Gasteiger partial charge in [-0.3, -0.25) is 0 Å². The summed E-state index contributed by atoms with van der Waals surface area (Å²) in [6, 6.07) is 10.3. The van der Waals surface area contributed by atoms with Crippen LogP contribution < -0.4 is 5.32 Å². The van der Waals surface area contributed by atoms with E-state index in [0.29, 0.717) is 11.5 Å². The van der Waals surface area contributed by atoms with Crippen molar-refractivity contribution in [3.63, 3.8) is 0 Å². The van der Waals surface area contributed by atoms with E-state index >= 15 is 0 Å². The van der Waals surface area contributed by atoms with Crippen molar-refractivity contribution in [2.45, 2.75) is 71.4 Å². The average Bonchev–Trinajstić information content (AvgIpc) is 2.44. The summed E-state index contributed by atoms with van der Waals surface area (Å²) in [5.41, 5.74) is 3.49. The van der Waals surface area contributed by atoms with Gasteiger partial charge >= 0.3 is 0 Å². The van der Waals surface area contributed by atoms with Crippen molar-refractivity contribution in [3.05, 3.63) is 35.4 Å². The Kier molecular flexibility index (Phi) is 3.90. The third-order valence-electron chi connectivity index (χ3n) is 5.60. The van der Waals surface area contributed by atoms with Gasteiger partial charge in [0.05, 0.1) is 0 Å². The lowest BCUT2D eigenvalue weighted by Gasteiger charge is -2.43. The fourth-order valence-corrected chi connectivity index (χ4v) is 4.04. The van der Waals surface area contributed by atoms with Crippen molar-refractivity contribution in [1.29, 1.82) is 0 Å². The first kappa shape index (κ1) is 14.1. The maximum Gasteiger partial charge on any atom is 0.0376 e. The lowest BCUT2D eigenvalue weighted by molar-refractivity contribution is 0.172. The first-order chi connectivity index (χ1) is 9.56. The van der Waals surface area contributed by atoms with E-state index < -0.39 is 0 Å². The largest absolute Gasteiger partial charge is 0.307 e. The van der Waals surface area contributed by atoms with Crippen LogP contribution in [0.15, 0.2) is 24.3 Å². The van der Waals surface area contributed by atoms with Crippen LogP contribution in [0, 0.1) is 11.3 Å². The number of nitrogens with one attached hydrogen (secondary N) is 1. The maximum absolute atomic E-state index is 4.02. The van der Waals surface area contributed by atoms with E-state index in [1.54, 1.807) is 11.1 Å². The molecule has 1 unspecified atom stereocenters. The summed E-state index contributed by atoms with van der Waals surface area (Å²) in [5, 5.41) is 4.02. The van der Waals surface area contributed by atoms with E-state index in [0.717, 1.165) is 12.0 Å². The Bertz CT molecular complexity index is 455. The number of hydrogen-bond donors (Lipinski definition) is 1. The van der Waals surface area contributed by atoms with Crippen LogP contribution in [-0.2, 0) is 6.42 Å². The zero-order valence-corrected chi connectivity index (χ0v) is 13.3. The highest BCUT2D eigenvalue weighted by Gasteiger charge is 2.37. The number of aryl methyl sites for hydroxylation is 1. The summed E-state index contributed by atoms with van der Waals surface area (Å²) in [5.74, 6) is 0.930. The van der Waals surface area contributed by atoms with Crippen LogP contribution >= 0.6 is 0 Å². The molecule has 1 aromatic carbocycles. The van der Waals surface area contributed by atoms with Crippen molar-refractivity contribution < 1.29 is 0 Å². The molecular formula is C19H29N. The zero-order chi connectivity index (χ0) is 14.2. The molecule has 2 aliphatic rings. The molecule has 0 amide bonds. The SMILES string of the molecule is CC1CCC(NC2c3ccccc3CCC2(C)C)CC1. The van der Waals surface area contributed by atoms with Gasteiger partial charge in [-0.25, -0.2) is 0 Å². The summed E-state index contributed by atoms with van der Waals surface area (Å²) in [6.07, 6.45) is 8.04. The molecule has 1 fully saturated rings. The molecule has 20 heavy (non-hydrogen) atoms. The van der Waals surface area contributed by atoms with E-state index in [-0.39, 0.29) is 0 Å². The topological polar surface area (TPSA) is 12.0 Å². The first-order valence-corrected chi connectivity index (χ1v) is 8.40. The molecule has 110 valence electrons. The fraction of sp³-hybridized carbons (Fsp3) is 0.684. The van der Waals surface area contributed by atoms with Gasteiger partial charge in [-0.1, -0.05) is 45.0 Å². The second-order valence-corrected chi connectivity index (χ2v) is 7.74. The van der Waals surface area contributed by atoms with E-state index in [2.05, 4.69) is 50.4 Å². The predicted molar refractivity (Wildman–Crippen MR) is 85.8 cm³/mol. The second kappa shape index (κ2) is 5.52. The second-order valence-electron chi connectivity index (χ2n) is 7.74. The molecule has 3 rings (SSSR count). The summed E-state index contributed by atoms with van der Waals surface area (Å²) >= 11 is 0. The molecule has 0 heterocycles. The first-order valence-electron chi connectivity index (χ1n) is 8.40. The van der Waals surface area contributed by atoms with Gasteiger partial charge in [0.15, 0.2) is 0 Å². The van der Waals surface area contributed by atoms with Crippen molar-refractivity contribution in [2.75, 3.05) is 0 Å². The smallest absolute Gasteiger partial charge is 0.0376 e. The maximum atomic E-state index is 4.02. The van der Waals surface area contributed by atoms with E-state index in [9.17, 15) is 0 Å². The van der Waals surface area contributed by atoms with Crippen LogP contribution in [0.2, 0.25) is 0 Å². The van der Waals surface area contributed by atoms with Crippen LogP contribution in [0.4, 0.5) is 0 Å². The molecule has 2 aliphatic carbocycles. The van der Waals surface area contributed by atoms with Crippen LogP contribution in [0.25, 0.3) is 0 Å². The monoisotopic (exact) mass is 271 g/mol. The van der Waals surface area contributed by atoms with Crippen LogP contribution in [0.1, 0.15) is 70.0 Å². The molecule has 1 nitrogen and oxygen atoms in total. The summed E-state index contributed by atoms with van der Waals surface area (Å²) in [7, 11) is 0. The molecule has 0 aromatic heterocycles. The van der Waals surface area contributed by atoms with Gasteiger partial charge in [0.2, 0.25) is 0 Å². The van der Waals surface area contributed by atoms with E-state index in [1.165, 1.54) is 38.5 Å². The van der Waals surface area contributed by atoms with Gasteiger partial charge in [0.25, 0.3) is 0 Å². The van der Waals surface area contributed by atoms with Crippen molar-refractivity contribution >= 4 is 0 Å². The highest BCUT2D eigenvalue weighted by molar-refractivity contribution is 5.34. The Morgan fingerprint density at radius 2 is 1.75 bits per heavy atom. The minimum Gasteiger partial charge on any atom is -0.307 e. The molecular weight excluding hydrogens is 242 g/mol. The third-order valence-corrected chi connectivity index (χ3v) is 5.60. The highest BCUT2D eigenvalue weighted by Crippen LogP contribution is 2.44.